The number of hydrogen-bond acceptors (Lipinski definition) is 5. The van der Waals surface area contributed by atoms with Crippen molar-refractivity contribution in [1.29, 1.82) is 0 Å². The van der Waals surface area contributed by atoms with Crippen LogP contribution >= 0.6 is 23.4 Å². The Kier molecular flexibility index (Phi) is 7.47. The van der Waals surface area contributed by atoms with Gasteiger partial charge >= 0.3 is 0 Å². The molecule has 0 spiro atoms. The van der Waals surface area contributed by atoms with Gasteiger partial charge in [0.15, 0.2) is 11.0 Å². The van der Waals surface area contributed by atoms with Crippen LogP contribution in [0.2, 0.25) is 5.02 Å². The summed E-state index contributed by atoms with van der Waals surface area (Å²) in [7, 11) is 0. The molecule has 1 aromatic heterocycles. The van der Waals surface area contributed by atoms with Gasteiger partial charge in [0.1, 0.15) is 0 Å². The van der Waals surface area contributed by atoms with E-state index in [2.05, 4.69) is 22.1 Å². The van der Waals surface area contributed by atoms with Gasteiger partial charge in [0, 0.05) is 53.6 Å². The zero-order valence-corrected chi connectivity index (χ0v) is 19.6. The van der Waals surface area contributed by atoms with E-state index in [1.165, 1.54) is 11.8 Å². The monoisotopic (exact) mass is 481 g/mol. The highest BCUT2D eigenvalue weighted by Gasteiger charge is 2.21. The quantitative estimate of drug-likeness (QED) is 0.342. The van der Waals surface area contributed by atoms with E-state index in [0.717, 1.165) is 35.2 Å². The number of allylic oxidation sites excluding steroid dienone is 1. The summed E-state index contributed by atoms with van der Waals surface area (Å²) in [5, 5.41) is 12.9. The Morgan fingerprint density at radius 2 is 1.91 bits per heavy atom. The van der Waals surface area contributed by atoms with Gasteiger partial charge in [-0.2, -0.15) is 0 Å². The van der Waals surface area contributed by atoms with E-state index in [-0.39, 0.29) is 11.8 Å². The first-order valence-corrected chi connectivity index (χ1v) is 12.0. The van der Waals surface area contributed by atoms with Crippen molar-refractivity contribution in [2.24, 2.45) is 0 Å². The molecule has 4 rings (SSSR count). The molecular formula is C24H24ClN5O2S. The predicted octanol–water partition coefficient (Wildman–Crippen LogP) is 5.03. The number of halogens is 1. The van der Waals surface area contributed by atoms with Crippen LogP contribution in [0.3, 0.4) is 0 Å². The minimum atomic E-state index is -0.0831. The van der Waals surface area contributed by atoms with Crippen molar-refractivity contribution in [2.45, 2.75) is 31.0 Å². The van der Waals surface area contributed by atoms with Crippen LogP contribution in [0.1, 0.15) is 19.3 Å². The lowest BCUT2D eigenvalue weighted by Gasteiger charge is -2.16. The maximum absolute atomic E-state index is 12.4. The van der Waals surface area contributed by atoms with Gasteiger partial charge in [-0.25, -0.2) is 0 Å². The van der Waals surface area contributed by atoms with Crippen molar-refractivity contribution in [1.82, 2.24) is 14.8 Å². The lowest BCUT2D eigenvalue weighted by molar-refractivity contribution is -0.117. The first-order chi connectivity index (χ1) is 16.0. The smallest absolute Gasteiger partial charge is 0.227 e. The lowest BCUT2D eigenvalue weighted by Crippen LogP contribution is -2.23. The van der Waals surface area contributed by atoms with E-state index in [4.69, 9.17) is 11.6 Å². The summed E-state index contributed by atoms with van der Waals surface area (Å²) >= 11 is 7.46. The summed E-state index contributed by atoms with van der Waals surface area (Å²) < 4.78 is 1.97. The molecule has 2 aromatic carbocycles. The van der Waals surface area contributed by atoms with E-state index < -0.39 is 0 Å². The second-order valence-corrected chi connectivity index (χ2v) is 9.05. The van der Waals surface area contributed by atoms with Crippen LogP contribution in [0, 0.1) is 0 Å². The number of hydrogen-bond donors (Lipinski definition) is 1. The topological polar surface area (TPSA) is 80.1 Å². The molecule has 2 amide bonds. The highest BCUT2D eigenvalue weighted by molar-refractivity contribution is 7.99. The van der Waals surface area contributed by atoms with Crippen LogP contribution in [-0.2, 0) is 16.1 Å². The summed E-state index contributed by atoms with van der Waals surface area (Å²) in [4.78, 5) is 26.0. The Morgan fingerprint density at radius 1 is 1.15 bits per heavy atom. The number of nitrogens with zero attached hydrogens (tertiary/aromatic N) is 4. The number of carbonyl (C=O) groups excluding carboxylic acids is 2. The molecule has 1 N–H and O–H groups in total. The Hall–Kier alpha value is -3.10. The van der Waals surface area contributed by atoms with E-state index in [1.54, 1.807) is 11.0 Å². The Bertz CT molecular complexity index is 1140. The third-order valence-corrected chi connectivity index (χ3v) is 6.45. The summed E-state index contributed by atoms with van der Waals surface area (Å²) in [5.74, 6) is 1.35. The number of benzene rings is 2. The average Bonchev–Trinajstić information content (AvgIpc) is 3.41. The van der Waals surface area contributed by atoms with Crippen molar-refractivity contribution in [2.75, 3.05) is 22.5 Å². The predicted molar refractivity (Wildman–Crippen MR) is 133 cm³/mol. The number of anilines is 2. The molecule has 1 aliphatic heterocycles. The number of rotatable bonds is 9. The van der Waals surface area contributed by atoms with Crippen LogP contribution in [0.5, 0.6) is 0 Å². The molecule has 7 nitrogen and oxygen atoms in total. The molecule has 1 saturated heterocycles. The highest BCUT2D eigenvalue weighted by Crippen LogP contribution is 2.26. The first kappa shape index (κ1) is 23.1. The SMILES string of the molecule is C=CCn1c(SCCC(=O)Nc2ccc(N3CCCC3=O)cc2)nnc1-c1ccc(Cl)cc1. The van der Waals surface area contributed by atoms with Gasteiger partial charge in [-0.3, -0.25) is 14.2 Å². The molecule has 0 saturated carbocycles. The molecule has 0 radical (unpaired) electrons. The van der Waals surface area contributed by atoms with Crippen molar-refractivity contribution < 1.29 is 9.59 Å². The van der Waals surface area contributed by atoms with Crippen molar-refractivity contribution in [3.63, 3.8) is 0 Å². The lowest BCUT2D eigenvalue weighted by atomic mass is 10.2. The molecule has 0 bridgehead atoms. The zero-order valence-electron chi connectivity index (χ0n) is 18.0. The maximum Gasteiger partial charge on any atom is 0.227 e. The van der Waals surface area contributed by atoms with Crippen LogP contribution in [0.4, 0.5) is 11.4 Å². The molecule has 0 atom stereocenters. The standard InChI is InChI=1S/C24H24ClN5O2S/c1-2-14-30-23(17-5-7-18(25)8-6-17)27-28-24(30)33-16-13-21(31)26-19-9-11-20(12-10-19)29-15-3-4-22(29)32/h2,5-12H,1,3-4,13-16H2,(H,26,31). The Labute approximate surface area is 201 Å². The fourth-order valence-electron chi connectivity index (χ4n) is 3.61. The molecule has 9 heteroatoms. The number of nitrogens with one attached hydrogen (secondary N) is 1. The first-order valence-electron chi connectivity index (χ1n) is 10.7. The summed E-state index contributed by atoms with van der Waals surface area (Å²) in [5.41, 5.74) is 2.49. The Morgan fingerprint density at radius 3 is 2.58 bits per heavy atom. The van der Waals surface area contributed by atoms with Gasteiger partial charge in [-0.1, -0.05) is 29.4 Å². The van der Waals surface area contributed by atoms with Crippen LogP contribution < -0.4 is 10.2 Å². The minimum absolute atomic E-state index is 0.0831. The van der Waals surface area contributed by atoms with Gasteiger partial charge in [0.25, 0.3) is 0 Å². The fourth-order valence-corrected chi connectivity index (χ4v) is 4.62. The van der Waals surface area contributed by atoms with Crippen molar-refractivity contribution in [3.05, 3.63) is 66.2 Å². The number of amides is 2. The van der Waals surface area contributed by atoms with Crippen LogP contribution in [-0.4, -0.2) is 38.9 Å². The zero-order chi connectivity index (χ0) is 23.2. The average molecular weight is 482 g/mol. The van der Waals surface area contributed by atoms with Crippen molar-refractivity contribution >= 4 is 46.6 Å². The molecule has 1 aliphatic rings. The van der Waals surface area contributed by atoms with Crippen molar-refractivity contribution in [3.8, 4) is 11.4 Å². The van der Waals surface area contributed by atoms with Crippen LogP contribution in [0.15, 0.2) is 66.3 Å². The van der Waals surface area contributed by atoms with Gasteiger partial charge in [-0.05, 0) is 55.0 Å². The largest absolute Gasteiger partial charge is 0.326 e. The molecule has 0 aliphatic carbocycles. The summed E-state index contributed by atoms with van der Waals surface area (Å²) in [6.45, 7) is 5.13. The summed E-state index contributed by atoms with van der Waals surface area (Å²) in [6.07, 6.45) is 3.60. The molecule has 3 aromatic rings. The van der Waals surface area contributed by atoms with Gasteiger partial charge in [0.05, 0.1) is 0 Å². The Balaban J connectivity index is 1.32. The molecule has 1 fully saturated rings. The number of thioether (sulfide) groups is 1. The minimum Gasteiger partial charge on any atom is -0.326 e. The van der Waals surface area contributed by atoms with E-state index in [1.807, 2.05) is 53.1 Å². The molecule has 33 heavy (non-hydrogen) atoms. The highest BCUT2D eigenvalue weighted by atomic mass is 35.5. The molecular weight excluding hydrogens is 458 g/mol. The van der Waals surface area contributed by atoms with Gasteiger partial charge in [-0.15, -0.1) is 16.8 Å². The molecule has 0 unspecified atom stereocenters. The molecule has 170 valence electrons. The fraction of sp³-hybridized carbons (Fsp3) is 0.250. The van der Waals surface area contributed by atoms with E-state index >= 15 is 0 Å². The van der Waals surface area contributed by atoms with E-state index in [9.17, 15) is 9.59 Å². The maximum atomic E-state index is 12.4. The van der Waals surface area contributed by atoms with E-state index in [0.29, 0.717) is 35.8 Å². The van der Waals surface area contributed by atoms with Crippen LogP contribution in [0.25, 0.3) is 11.4 Å². The second kappa shape index (κ2) is 10.7. The number of aromatic nitrogens is 3. The summed E-state index contributed by atoms with van der Waals surface area (Å²) in [6, 6.07) is 14.8. The number of carbonyl (C=O) groups is 2. The molecule has 2 heterocycles. The second-order valence-electron chi connectivity index (χ2n) is 7.55. The van der Waals surface area contributed by atoms with Gasteiger partial charge < -0.3 is 10.2 Å². The third-order valence-electron chi connectivity index (χ3n) is 5.23. The normalized spacial score (nSPS) is 13.4. The van der Waals surface area contributed by atoms with Gasteiger partial charge in [0.2, 0.25) is 11.8 Å². The third kappa shape index (κ3) is 5.64.